The van der Waals surface area contributed by atoms with Gasteiger partial charge in [-0.1, -0.05) is 32.0 Å². The molecule has 23 heavy (non-hydrogen) atoms. The molecule has 0 saturated carbocycles. The summed E-state index contributed by atoms with van der Waals surface area (Å²) in [6.45, 7) is 9.04. The van der Waals surface area contributed by atoms with E-state index in [4.69, 9.17) is 4.98 Å². The van der Waals surface area contributed by atoms with Crippen molar-refractivity contribution in [3.05, 3.63) is 59.7 Å². The minimum atomic E-state index is -0.0813. The highest BCUT2D eigenvalue weighted by atomic mass is 15.4. The van der Waals surface area contributed by atoms with Crippen LogP contribution in [-0.2, 0) is 5.41 Å². The number of hydrogen-bond donors (Lipinski definition) is 0. The number of pyridine rings is 1. The van der Waals surface area contributed by atoms with Gasteiger partial charge in [-0.15, -0.1) is 0 Å². The molecule has 1 aromatic heterocycles. The van der Waals surface area contributed by atoms with Crippen molar-refractivity contribution in [2.75, 3.05) is 11.9 Å². The van der Waals surface area contributed by atoms with E-state index < -0.39 is 0 Å². The molecule has 1 aromatic carbocycles. The lowest BCUT2D eigenvalue weighted by Crippen LogP contribution is -2.35. The van der Waals surface area contributed by atoms with E-state index in [2.05, 4.69) is 75.1 Å². The van der Waals surface area contributed by atoms with E-state index in [0.717, 1.165) is 0 Å². The fourth-order valence-electron chi connectivity index (χ4n) is 4.01. The summed E-state index contributed by atoms with van der Waals surface area (Å²) in [5, 5.41) is 0. The molecular weight excluding hydrogens is 282 g/mol. The zero-order chi connectivity index (χ0) is 16.4. The third kappa shape index (κ3) is 1.79. The highest BCUT2D eigenvalue weighted by Gasteiger charge is 2.41. The van der Waals surface area contributed by atoms with Gasteiger partial charge in [-0.3, -0.25) is 4.98 Å². The van der Waals surface area contributed by atoms with Gasteiger partial charge in [0.25, 0.3) is 0 Å². The Morgan fingerprint density at radius 1 is 1.09 bits per heavy atom. The monoisotopic (exact) mass is 305 g/mol. The van der Waals surface area contributed by atoms with Crippen molar-refractivity contribution in [3.8, 4) is 11.1 Å². The number of hydrogen-bond acceptors (Lipinski definition) is 3. The van der Waals surface area contributed by atoms with Gasteiger partial charge in [0.15, 0.2) is 0 Å². The van der Waals surface area contributed by atoms with Crippen molar-refractivity contribution in [1.29, 1.82) is 0 Å². The second-order valence-corrected chi connectivity index (χ2v) is 7.18. The van der Waals surface area contributed by atoms with E-state index in [0.29, 0.717) is 6.17 Å². The van der Waals surface area contributed by atoms with E-state index in [1.165, 1.54) is 33.6 Å². The summed E-state index contributed by atoms with van der Waals surface area (Å²) >= 11 is 0. The molecule has 1 aliphatic heterocycles. The van der Waals surface area contributed by atoms with E-state index >= 15 is 0 Å². The fraction of sp³-hybridized carbons (Fsp3) is 0.350. The molecule has 2 aromatic rings. The molecule has 0 fully saturated rings. The van der Waals surface area contributed by atoms with E-state index in [9.17, 15) is 0 Å². The fourth-order valence-corrected chi connectivity index (χ4v) is 4.01. The summed E-state index contributed by atoms with van der Waals surface area (Å²) < 4.78 is 0. The van der Waals surface area contributed by atoms with E-state index in [-0.39, 0.29) is 5.41 Å². The molecule has 3 heteroatoms. The highest BCUT2D eigenvalue weighted by molar-refractivity contribution is 5.86. The number of fused-ring (bicyclic) bond motifs is 3. The standard InChI is InChI=1S/C20H23N3/c1-13-8-9-15-16-7-6-10-21-19(16)20(3,4)17(15)18(13)23-12-11-22(5)14(23)2/h6-12,14H,1-5H3/t14-/m0/s1. The lowest BCUT2D eigenvalue weighted by atomic mass is 9.82. The lowest BCUT2D eigenvalue weighted by molar-refractivity contribution is 0.382. The van der Waals surface area contributed by atoms with Crippen LogP contribution in [0.1, 0.15) is 37.6 Å². The first-order valence-corrected chi connectivity index (χ1v) is 8.21. The highest BCUT2D eigenvalue weighted by Crippen LogP contribution is 2.52. The maximum atomic E-state index is 4.71. The molecule has 2 aliphatic rings. The van der Waals surface area contributed by atoms with Crippen LogP contribution in [0.25, 0.3) is 11.1 Å². The summed E-state index contributed by atoms with van der Waals surface area (Å²) in [6, 6.07) is 8.74. The zero-order valence-corrected chi connectivity index (χ0v) is 14.5. The molecule has 0 amide bonds. The van der Waals surface area contributed by atoms with Crippen LogP contribution in [0.3, 0.4) is 0 Å². The van der Waals surface area contributed by atoms with Gasteiger partial charge in [-0.05, 0) is 36.6 Å². The maximum Gasteiger partial charge on any atom is 0.102 e. The van der Waals surface area contributed by atoms with Gasteiger partial charge in [-0.25, -0.2) is 0 Å². The topological polar surface area (TPSA) is 19.4 Å². The molecular formula is C20H23N3. The summed E-state index contributed by atoms with van der Waals surface area (Å²) in [7, 11) is 2.13. The summed E-state index contributed by atoms with van der Waals surface area (Å²) in [6.07, 6.45) is 6.58. The molecule has 1 atom stereocenters. The Labute approximate surface area is 138 Å². The second kappa shape index (κ2) is 4.60. The molecule has 0 radical (unpaired) electrons. The van der Waals surface area contributed by atoms with Crippen LogP contribution in [0.2, 0.25) is 0 Å². The number of rotatable bonds is 1. The summed E-state index contributed by atoms with van der Waals surface area (Å²) in [5.41, 5.74) is 7.76. The van der Waals surface area contributed by atoms with Gasteiger partial charge in [0.05, 0.1) is 11.4 Å². The van der Waals surface area contributed by atoms with E-state index in [1.807, 2.05) is 12.3 Å². The van der Waals surface area contributed by atoms with Crippen LogP contribution in [0, 0.1) is 6.92 Å². The minimum absolute atomic E-state index is 0.0813. The molecule has 1 aliphatic carbocycles. The first-order valence-electron chi connectivity index (χ1n) is 8.21. The lowest BCUT2D eigenvalue weighted by Gasteiger charge is -2.33. The predicted molar refractivity (Wildman–Crippen MR) is 95.4 cm³/mol. The van der Waals surface area contributed by atoms with Gasteiger partial charge >= 0.3 is 0 Å². The average Bonchev–Trinajstić information content (AvgIpc) is 2.97. The Hall–Kier alpha value is -2.29. The third-order valence-electron chi connectivity index (χ3n) is 5.41. The van der Waals surface area contributed by atoms with Crippen molar-refractivity contribution in [3.63, 3.8) is 0 Å². The molecule has 0 spiro atoms. The number of aromatic nitrogens is 1. The second-order valence-electron chi connectivity index (χ2n) is 7.18. The molecule has 0 N–H and O–H groups in total. The smallest absolute Gasteiger partial charge is 0.102 e. The SMILES string of the molecule is Cc1ccc2c(c1N1C=CN(C)[C@@H]1C)C(C)(C)c1ncccc1-2. The van der Waals surface area contributed by atoms with Crippen molar-refractivity contribution in [2.24, 2.45) is 0 Å². The molecule has 2 heterocycles. The van der Waals surface area contributed by atoms with Gasteiger partial charge in [-0.2, -0.15) is 0 Å². The maximum absolute atomic E-state index is 4.71. The molecule has 3 nitrogen and oxygen atoms in total. The van der Waals surface area contributed by atoms with Gasteiger partial charge in [0.2, 0.25) is 0 Å². The molecule has 0 unspecified atom stereocenters. The van der Waals surface area contributed by atoms with Crippen LogP contribution in [0.5, 0.6) is 0 Å². The van der Waals surface area contributed by atoms with Crippen LogP contribution in [0.15, 0.2) is 42.9 Å². The summed E-state index contributed by atoms with van der Waals surface area (Å²) in [5.74, 6) is 0. The van der Waals surface area contributed by atoms with Crippen LogP contribution >= 0.6 is 0 Å². The first kappa shape index (κ1) is 14.3. The number of nitrogens with zero attached hydrogens (tertiary/aromatic N) is 3. The molecule has 0 saturated heterocycles. The summed E-state index contributed by atoms with van der Waals surface area (Å²) in [4.78, 5) is 9.34. The predicted octanol–water partition coefficient (Wildman–Crippen LogP) is 4.27. The van der Waals surface area contributed by atoms with Crippen molar-refractivity contribution >= 4 is 5.69 Å². The number of anilines is 1. The Morgan fingerprint density at radius 3 is 2.57 bits per heavy atom. The third-order valence-corrected chi connectivity index (χ3v) is 5.41. The number of aryl methyl sites for hydroxylation is 1. The quantitative estimate of drug-likeness (QED) is 0.784. The van der Waals surface area contributed by atoms with Crippen LogP contribution < -0.4 is 4.90 Å². The van der Waals surface area contributed by atoms with Gasteiger partial charge in [0.1, 0.15) is 6.17 Å². The average molecular weight is 305 g/mol. The Morgan fingerprint density at radius 2 is 1.87 bits per heavy atom. The van der Waals surface area contributed by atoms with Crippen molar-refractivity contribution in [1.82, 2.24) is 9.88 Å². The number of benzene rings is 1. The Balaban J connectivity index is 2.00. The van der Waals surface area contributed by atoms with Gasteiger partial charge < -0.3 is 9.80 Å². The van der Waals surface area contributed by atoms with Gasteiger partial charge in [0, 0.05) is 36.6 Å². The molecule has 0 bridgehead atoms. The minimum Gasteiger partial charge on any atom is -0.359 e. The van der Waals surface area contributed by atoms with Crippen LogP contribution in [0.4, 0.5) is 5.69 Å². The zero-order valence-electron chi connectivity index (χ0n) is 14.5. The Kier molecular flexibility index (Phi) is 2.87. The molecule has 4 rings (SSSR count). The normalized spacial score (nSPS) is 20.8. The van der Waals surface area contributed by atoms with E-state index in [1.54, 1.807) is 0 Å². The van der Waals surface area contributed by atoms with Crippen molar-refractivity contribution < 1.29 is 0 Å². The molecule has 118 valence electrons. The van der Waals surface area contributed by atoms with Crippen LogP contribution in [-0.4, -0.2) is 23.1 Å². The first-order chi connectivity index (χ1) is 10.9. The largest absolute Gasteiger partial charge is 0.359 e. The Bertz CT molecular complexity index is 820. The van der Waals surface area contributed by atoms with Crippen molar-refractivity contribution in [2.45, 2.75) is 39.3 Å².